The number of unbranched alkanes of at least 4 members (excludes halogenated alkanes) is 1. The maximum absolute atomic E-state index is 9.01. The van der Waals surface area contributed by atoms with Crippen molar-refractivity contribution in [2.24, 2.45) is 0 Å². The summed E-state index contributed by atoms with van der Waals surface area (Å²) in [4.78, 5) is 3.17. The maximum Gasteiger partial charge on any atom is 0.121 e. The molecule has 0 aliphatic rings. The van der Waals surface area contributed by atoms with Crippen molar-refractivity contribution in [3.63, 3.8) is 0 Å². The van der Waals surface area contributed by atoms with E-state index in [1.165, 1.54) is 23.8 Å². The highest BCUT2D eigenvalue weighted by molar-refractivity contribution is 5.88. The molecule has 1 aromatic carbocycles. The molecule has 0 atom stereocenters. The molecule has 0 radical (unpaired) electrons. The third-order valence-electron chi connectivity index (χ3n) is 3.07. The van der Waals surface area contributed by atoms with Gasteiger partial charge in [0.05, 0.1) is 0 Å². The number of aromatic amines is 1. The monoisotopic (exact) mass is 212 g/mol. The quantitative estimate of drug-likeness (QED) is 0.828. The van der Waals surface area contributed by atoms with E-state index in [1.54, 1.807) is 0 Å². The number of nitriles is 1. The van der Waals surface area contributed by atoms with Crippen molar-refractivity contribution < 1.29 is 0 Å². The van der Waals surface area contributed by atoms with E-state index in [1.807, 2.05) is 13.0 Å². The van der Waals surface area contributed by atoms with E-state index in [0.29, 0.717) is 5.69 Å². The van der Waals surface area contributed by atoms with E-state index in [2.05, 4.69) is 30.1 Å². The van der Waals surface area contributed by atoms with Gasteiger partial charge in [-0.1, -0.05) is 25.5 Å². The van der Waals surface area contributed by atoms with Gasteiger partial charge >= 0.3 is 0 Å². The molecule has 0 spiro atoms. The fourth-order valence-corrected chi connectivity index (χ4v) is 2.19. The fourth-order valence-electron chi connectivity index (χ4n) is 2.19. The average molecular weight is 212 g/mol. The predicted molar refractivity (Wildman–Crippen MR) is 66.4 cm³/mol. The van der Waals surface area contributed by atoms with Gasteiger partial charge in [-0.25, -0.2) is 0 Å². The molecule has 1 aromatic heterocycles. The van der Waals surface area contributed by atoms with Crippen LogP contribution in [0.15, 0.2) is 18.2 Å². The number of benzene rings is 1. The zero-order valence-corrected chi connectivity index (χ0v) is 9.80. The molecule has 0 aliphatic heterocycles. The Morgan fingerprint density at radius 2 is 2.19 bits per heavy atom. The summed E-state index contributed by atoms with van der Waals surface area (Å²) in [6.07, 6.45) is 3.49. The third-order valence-corrected chi connectivity index (χ3v) is 3.07. The Kier molecular flexibility index (Phi) is 2.96. The number of hydrogen-bond acceptors (Lipinski definition) is 1. The SMILES string of the molecule is CCCCc1cccc2[nH]c(C#N)c(C)c12. The van der Waals surface area contributed by atoms with Gasteiger partial charge < -0.3 is 4.98 Å². The molecule has 2 rings (SSSR count). The topological polar surface area (TPSA) is 39.6 Å². The van der Waals surface area contributed by atoms with Gasteiger partial charge in [0.2, 0.25) is 0 Å². The second-order valence-corrected chi connectivity index (χ2v) is 4.18. The minimum absolute atomic E-state index is 0.693. The highest BCUT2D eigenvalue weighted by Gasteiger charge is 2.10. The first-order chi connectivity index (χ1) is 7.77. The molecule has 0 aliphatic carbocycles. The van der Waals surface area contributed by atoms with Crippen LogP contribution in [-0.2, 0) is 6.42 Å². The van der Waals surface area contributed by atoms with Crippen LogP contribution in [0, 0.1) is 18.3 Å². The van der Waals surface area contributed by atoms with Gasteiger partial charge in [0.1, 0.15) is 11.8 Å². The third kappa shape index (κ3) is 1.69. The molecule has 2 aromatic rings. The molecule has 82 valence electrons. The number of fused-ring (bicyclic) bond motifs is 1. The largest absolute Gasteiger partial charge is 0.346 e. The van der Waals surface area contributed by atoms with Crippen molar-refractivity contribution in [2.45, 2.75) is 33.1 Å². The summed E-state index contributed by atoms with van der Waals surface area (Å²) in [6.45, 7) is 4.22. The number of aromatic nitrogens is 1. The smallest absolute Gasteiger partial charge is 0.121 e. The van der Waals surface area contributed by atoms with E-state index in [9.17, 15) is 0 Å². The average Bonchev–Trinajstić information content (AvgIpc) is 2.64. The Morgan fingerprint density at radius 1 is 1.38 bits per heavy atom. The molecule has 16 heavy (non-hydrogen) atoms. The number of rotatable bonds is 3. The summed E-state index contributed by atoms with van der Waals surface area (Å²) in [5, 5.41) is 10.2. The van der Waals surface area contributed by atoms with Crippen molar-refractivity contribution in [2.75, 3.05) is 0 Å². The lowest BCUT2D eigenvalue weighted by molar-refractivity contribution is 0.799. The molecule has 0 bridgehead atoms. The summed E-state index contributed by atoms with van der Waals surface area (Å²) in [5.41, 5.74) is 4.22. The molecule has 0 fully saturated rings. The minimum Gasteiger partial charge on any atom is -0.346 e. The van der Waals surface area contributed by atoms with E-state index in [-0.39, 0.29) is 0 Å². The van der Waals surface area contributed by atoms with Crippen LogP contribution >= 0.6 is 0 Å². The van der Waals surface area contributed by atoms with Crippen LogP contribution in [0.1, 0.15) is 36.6 Å². The van der Waals surface area contributed by atoms with Crippen molar-refractivity contribution >= 4 is 10.9 Å². The Labute approximate surface area is 95.9 Å². The number of nitrogens with zero attached hydrogens (tertiary/aromatic N) is 1. The van der Waals surface area contributed by atoms with Crippen LogP contribution in [0.2, 0.25) is 0 Å². The van der Waals surface area contributed by atoms with Gasteiger partial charge in [0.25, 0.3) is 0 Å². The van der Waals surface area contributed by atoms with Gasteiger partial charge in [0, 0.05) is 10.9 Å². The molecule has 0 saturated carbocycles. The molecular weight excluding hydrogens is 196 g/mol. The van der Waals surface area contributed by atoms with Crippen molar-refractivity contribution in [1.82, 2.24) is 4.98 Å². The highest BCUT2D eigenvalue weighted by Crippen LogP contribution is 2.26. The standard InChI is InChI=1S/C14H16N2/c1-3-4-6-11-7-5-8-12-14(11)10(2)13(9-15)16-12/h5,7-8,16H,3-4,6H2,1-2H3. The van der Waals surface area contributed by atoms with Crippen LogP contribution in [-0.4, -0.2) is 4.98 Å². The van der Waals surface area contributed by atoms with Crippen LogP contribution in [0.25, 0.3) is 10.9 Å². The zero-order valence-electron chi connectivity index (χ0n) is 9.80. The molecule has 1 N–H and O–H groups in total. The minimum atomic E-state index is 0.693. The van der Waals surface area contributed by atoms with E-state index in [4.69, 9.17) is 5.26 Å². The molecule has 0 amide bonds. The zero-order chi connectivity index (χ0) is 11.5. The maximum atomic E-state index is 9.01. The van der Waals surface area contributed by atoms with E-state index in [0.717, 1.165) is 17.5 Å². The summed E-state index contributed by atoms with van der Waals surface area (Å²) >= 11 is 0. The summed E-state index contributed by atoms with van der Waals surface area (Å²) in [5.74, 6) is 0. The number of nitrogens with one attached hydrogen (secondary N) is 1. The van der Waals surface area contributed by atoms with Gasteiger partial charge in [0.15, 0.2) is 0 Å². The predicted octanol–water partition coefficient (Wildman–Crippen LogP) is 3.69. The molecule has 0 saturated heterocycles. The molecule has 2 nitrogen and oxygen atoms in total. The van der Waals surface area contributed by atoms with Gasteiger partial charge in [-0.3, -0.25) is 0 Å². The van der Waals surface area contributed by atoms with Gasteiger partial charge in [-0.15, -0.1) is 0 Å². The van der Waals surface area contributed by atoms with Crippen molar-refractivity contribution in [3.05, 3.63) is 35.0 Å². The normalized spacial score (nSPS) is 10.6. The van der Waals surface area contributed by atoms with Crippen molar-refractivity contribution in [1.29, 1.82) is 5.26 Å². The van der Waals surface area contributed by atoms with Crippen molar-refractivity contribution in [3.8, 4) is 6.07 Å². The molecule has 0 unspecified atom stereocenters. The summed E-state index contributed by atoms with van der Waals surface area (Å²) in [6, 6.07) is 8.48. The lowest BCUT2D eigenvalue weighted by Gasteiger charge is -2.03. The Hall–Kier alpha value is -1.75. The highest BCUT2D eigenvalue weighted by atomic mass is 14.7. The summed E-state index contributed by atoms with van der Waals surface area (Å²) < 4.78 is 0. The van der Waals surface area contributed by atoms with Gasteiger partial charge in [-0.05, 0) is 37.0 Å². The fraction of sp³-hybridized carbons (Fsp3) is 0.357. The van der Waals surface area contributed by atoms with E-state index < -0.39 is 0 Å². The second-order valence-electron chi connectivity index (χ2n) is 4.18. The Bertz CT molecular complexity index is 544. The summed E-state index contributed by atoms with van der Waals surface area (Å²) in [7, 11) is 0. The van der Waals surface area contributed by atoms with Gasteiger partial charge in [-0.2, -0.15) is 5.26 Å². The van der Waals surface area contributed by atoms with Crippen LogP contribution in [0.3, 0.4) is 0 Å². The number of aryl methyl sites for hydroxylation is 2. The Balaban J connectivity index is 2.58. The van der Waals surface area contributed by atoms with Crippen LogP contribution < -0.4 is 0 Å². The number of H-pyrrole nitrogens is 1. The molecular formula is C14H16N2. The molecule has 2 heteroatoms. The van der Waals surface area contributed by atoms with E-state index >= 15 is 0 Å². The van der Waals surface area contributed by atoms with Crippen LogP contribution in [0.4, 0.5) is 0 Å². The lowest BCUT2D eigenvalue weighted by atomic mass is 10.0. The van der Waals surface area contributed by atoms with Crippen LogP contribution in [0.5, 0.6) is 0 Å². The molecule has 1 heterocycles. The second kappa shape index (κ2) is 4.40. The first-order valence-corrected chi connectivity index (χ1v) is 5.78. The first-order valence-electron chi connectivity index (χ1n) is 5.78. The Morgan fingerprint density at radius 3 is 2.88 bits per heavy atom. The first kappa shape index (κ1) is 10.8. The number of hydrogen-bond donors (Lipinski definition) is 1. The lowest BCUT2D eigenvalue weighted by Crippen LogP contribution is -1.86.